The molecule has 1 aliphatic heterocycles. The van der Waals surface area contributed by atoms with E-state index in [1.807, 2.05) is 41.3 Å². The SMILES string of the molecule is O=C(CCCCCC(=O)N/N=C/c1ccc(CN2C(=O)CC/C=C/CCC(=O)O[C@H]3CCC[C@@H]32)cc1)NO. The molecule has 0 aromatic heterocycles. The highest BCUT2D eigenvalue weighted by Crippen LogP contribution is 2.29. The number of nitrogens with one attached hydrogen (secondary N) is 2. The standard InChI is InChI=1S/C28H38N4O6/c33-25(11-4-3-5-12-26(34)31-37)30-29-19-21-15-17-22(18-16-21)20-32-23-9-8-10-24(23)38-28(36)14-7-2-1-6-13-27(32)35/h1-2,15-19,23-24,37H,3-14,20H2,(H,30,33)(H,31,34)/b2-1+,29-19+/t23-,24-/m0/s1. The van der Waals surface area contributed by atoms with Crippen molar-refractivity contribution >= 4 is 29.9 Å². The van der Waals surface area contributed by atoms with Crippen LogP contribution in [0, 0.1) is 0 Å². The Labute approximate surface area is 223 Å². The first-order valence-electron chi connectivity index (χ1n) is 13.4. The second kappa shape index (κ2) is 15.7. The van der Waals surface area contributed by atoms with E-state index in [-0.39, 0.29) is 36.4 Å². The van der Waals surface area contributed by atoms with Gasteiger partial charge in [0.1, 0.15) is 6.10 Å². The Hall–Kier alpha value is -3.53. The number of hydrogen-bond acceptors (Lipinski definition) is 7. The van der Waals surface area contributed by atoms with Gasteiger partial charge in [0.25, 0.3) is 0 Å². The van der Waals surface area contributed by atoms with Crippen LogP contribution in [0.5, 0.6) is 0 Å². The third-order valence-electron chi connectivity index (χ3n) is 6.80. The Morgan fingerprint density at radius 2 is 1.71 bits per heavy atom. The summed E-state index contributed by atoms with van der Waals surface area (Å²) in [7, 11) is 0. The summed E-state index contributed by atoms with van der Waals surface area (Å²) in [5.74, 6) is -0.781. The molecule has 0 unspecified atom stereocenters. The highest BCUT2D eigenvalue weighted by atomic mass is 16.5. The molecule has 38 heavy (non-hydrogen) atoms. The van der Waals surface area contributed by atoms with Gasteiger partial charge in [-0.3, -0.25) is 24.4 Å². The first-order valence-corrected chi connectivity index (χ1v) is 13.4. The molecule has 3 amide bonds. The van der Waals surface area contributed by atoms with E-state index in [9.17, 15) is 19.2 Å². The molecule has 3 rings (SSSR count). The molecule has 1 heterocycles. The number of ether oxygens (including phenoxy) is 1. The Kier molecular flexibility index (Phi) is 12.0. The summed E-state index contributed by atoms with van der Waals surface area (Å²) in [6, 6.07) is 7.52. The second-order valence-corrected chi connectivity index (χ2v) is 9.73. The summed E-state index contributed by atoms with van der Waals surface area (Å²) >= 11 is 0. The van der Waals surface area contributed by atoms with Gasteiger partial charge in [-0.1, -0.05) is 42.8 Å². The number of amides is 3. The molecule has 10 nitrogen and oxygen atoms in total. The lowest BCUT2D eigenvalue weighted by Gasteiger charge is -2.33. The van der Waals surface area contributed by atoms with Gasteiger partial charge in [0.15, 0.2) is 0 Å². The van der Waals surface area contributed by atoms with Crippen LogP contribution in [0.15, 0.2) is 41.5 Å². The number of benzene rings is 1. The molecule has 2 aliphatic rings. The number of hydroxylamine groups is 1. The zero-order valence-electron chi connectivity index (χ0n) is 21.8. The summed E-state index contributed by atoms with van der Waals surface area (Å²) in [5, 5.41) is 12.5. The van der Waals surface area contributed by atoms with Crippen molar-refractivity contribution in [3.8, 4) is 0 Å². The van der Waals surface area contributed by atoms with Gasteiger partial charge in [-0.05, 0) is 56.1 Å². The Morgan fingerprint density at radius 3 is 2.45 bits per heavy atom. The van der Waals surface area contributed by atoms with Gasteiger partial charge >= 0.3 is 5.97 Å². The van der Waals surface area contributed by atoms with E-state index in [1.165, 1.54) is 0 Å². The molecular formula is C28H38N4O6. The van der Waals surface area contributed by atoms with Gasteiger partial charge in [-0.2, -0.15) is 5.10 Å². The third kappa shape index (κ3) is 9.74. The fraction of sp³-hybridized carbons (Fsp3) is 0.536. The van der Waals surface area contributed by atoms with Crippen molar-refractivity contribution in [2.24, 2.45) is 5.10 Å². The lowest BCUT2D eigenvalue weighted by atomic mass is 10.1. The van der Waals surface area contributed by atoms with Crippen LogP contribution in [0.3, 0.4) is 0 Å². The number of carbonyl (C=O) groups excluding carboxylic acids is 4. The van der Waals surface area contributed by atoms with Gasteiger partial charge in [0.05, 0.1) is 12.3 Å². The van der Waals surface area contributed by atoms with Crippen LogP contribution in [0.2, 0.25) is 0 Å². The normalized spacial score (nSPS) is 21.2. The smallest absolute Gasteiger partial charge is 0.306 e. The molecule has 2 atom stereocenters. The molecule has 0 radical (unpaired) electrons. The van der Waals surface area contributed by atoms with Crippen LogP contribution in [0.25, 0.3) is 0 Å². The summed E-state index contributed by atoms with van der Waals surface area (Å²) in [4.78, 5) is 50.1. The van der Waals surface area contributed by atoms with Crippen molar-refractivity contribution < 1.29 is 29.1 Å². The van der Waals surface area contributed by atoms with Crippen molar-refractivity contribution in [1.82, 2.24) is 15.8 Å². The largest absolute Gasteiger partial charge is 0.460 e. The molecule has 0 saturated heterocycles. The lowest BCUT2D eigenvalue weighted by molar-refractivity contribution is -0.155. The number of unbranched alkanes of at least 4 members (excludes halogenated alkanes) is 2. The average Bonchev–Trinajstić information content (AvgIpc) is 3.36. The molecule has 10 heteroatoms. The van der Waals surface area contributed by atoms with Crippen molar-refractivity contribution in [3.05, 3.63) is 47.5 Å². The molecule has 206 valence electrons. The maximum atomic E-state index is 13.1. The highest BCUT2D eigenvalue weighted by Gasteiger charge is 2.37. The summed E-state index contributed by atoms with van der Waals surface area (Å²) in [6.07, 6.45) is 12.3. The van der Waals surface area contributed by atoms with Crippen LogP contribution in [-0.4, -0.2) is 52.2 Å². The van der Waals surface area contributed by atoms with Crippen molar-refractivity contribution in [2.45, 2.75) is 95.7 Å². The maximum Gasteiger partial charge on any atom is 0.306 e. The summed E-state index contributed by atoms with van der Waals surface area (Å²) in [5.41, 5.74) is 5.86. The van der Waals surface area contributed by atoms with E-state index in [4.69, 9.17) is 9.94 Å². The van der Waals surface area contributed by atoms with Crippen LogP contribution in [-0.2, 0) is 30.5 Å². The van der Waals surface area contributed by atoms with Crippen molar-refractivity contribution in [2.75, 3.05) is 0 Å². The number of hydrogen-bond donors (Lipinski definition) is 3. The quantitative estimate of drug-likeness (QED) is 0.107. The number of hydrazone groups is 1. The minimum absolute atomic E-state index is 0.0631. The maximum absolute atomic E-state index is 13.1. The number of nitrogens with zero attached hydrogens (tertiary/aromatic N) is 2. The van der Waals surface area contributed by atoms with Crippen LogP contribution >= 0.6 is 0 Å². The first kappa shape index (κ1) is 29.0. The molecule has 0 bridgehead atoms. The Morgan fingerprint density at radius 1 is 1.00 bits per heavy atom. The van der Waals surface area contributed by atoms with E-state index in [1.54, 1.807) is 11.7 Å². The van der Waals surface area contributed by atoms with Crippen molar-refractivity contribution in [1.29, 1.82) is 0 Å². The molecule has 1 aliphatic carbocycles. The van der Waals surface area contributed by atoms with E-state index in [0.29, 0.717) is 57.9 Å². The second-order valence-electron chi connectivity index (χ2n) is 9.73. The minimum atomic E-state index is -0.430. The van der Waals surface area contributed by atoms with E-state index in [2.05, 4.69) is 10.5 Å². The number of carbonyl (C=O) groups is 4. The number of esters is 1. The first-order chi connectivity index (χ1) is 18.5. The topological polar surface area (TPSA) is 137 Å². The summed E-state index contributed by atoms with van der Waals surface area (Å²) in [6.45, 7) is 0.440. The molecule has 1 saturated carbocycles. The van der Waals surface area contributed by atoms with Gasteiger partial charge in [0.2, 0.25) is 17.7 Å². The van der Waals surface area contributed by atoms with Gasteiger partial charge in [-0.15, -0.1) is 0 Å². The molecular weight excluding hydrogens is 488 g/mol. The zero-order chi connectivity index (χ0) is 27.2. The molecule has 1 aromatic carbocycles. The minimum Gasteiger partial charge on any atom is -0.460 e. The highest BCUT2D eigenvalue weighted by molar-refractivity contribution is 5.82. The Bertz CT molecular complexity index is 1010. The molecule has 1 aromatic rings. The third-order valence-corrected chi connectivity index (χ3v) is 6.80. The molecule has 0 spiro atoms. The van der Waals surface area contributed by atoms with Gasteiger partial charge in [0, 0.05) is 32.2 Å². The Balaban J connectivity index is 1.52. The fourth-order valence-electron chi connectivity index (χ4n) is 4.75. The van der Waals surface area contributed by atoms with E-state index < -0.39 is 5.91 Å². The fourth-order valence-corrected chi connectivity index (χ4v) is 4.75. The summed E-state index contributed by atoms with van der Waals surface area (Å²) < 4.78 is 5.75. The predicted octanol–water partition coefficient (Wildman–Crippen LogP) is 3.52. The van der Waals surface area contributed by atoms with Crippen LogP contribution < -0.4 is 10.9 Å². The van der Waals surface area contributed by atoms with Crippen LogP contribution in [0.1, 0.15) is 88.2 Å². The van der Waals surface area contributed by atoms with E-state index in [0.717, 1.165) is 30.4 Å². The van der Waals surface area contributed by atoms with Gasteiger partial charge < -0.3 is 9.64 Å². The predicted molar refractivity (Wildman–Crippen MR) is 141 cm³/mol. The van der Waals surface area contributed by atoms with Crippen molar-refractivity contribution in [3.63, 3.8) is 0 Å². The number of rotatable bonds is 10. The molecule has 1 fully saturated rings. The monoisotopic (exact) mass is 526 g/mol. The average molecular weight is 527 g/mol. The zero-order valence-corrected chi connectivity index (χ0v) is 21.8. The number of allylic oxidation sites excluding steroid dienone is 2. The lowest BCUT2D eigenvalue weighted by Crippen LogP contribution is -2.45. The number of fused-ring (bicyclic) bond motifs is 1. The van der Waals surface area contributed by atoms with E-state index >= 15 is 0 Å². The van der Waals surface area contributed by atoms with Gasteiger partial charge in [-0.25, -0.2) is 10.9 Å². The van der Waals surface area contributed by atoms with Crippen LogP contribution in [0.4, 0.5) is 0 Å². The molecule has 3 N–H and O–H groups in total.